The lowest BCUT2D eigenvalue weighted by atomic mass is 10.2. The number of nitrogens with one attached hydrogen (secondary N) is 2. The van der Waals surface area contributed by atoms with Gasteiger partial charge in [-0.3, -0.25) is 9.69 Å². The Balaban J connectivity index is 1.74. The van der Waals surface area contributed by atoms with Gasteiger partial charge in [0.2, 0.25) is 5.91 Å². The van der Waals surface area contributed by atoms with Crippen molar-refractivity contribution in [1.29, 1.82) is 0 Å². The van der Waals surface area contributed by atoms with Crippen LogP contribution in [-0.4, -0.2) is 57.6 Å². The first-order valence-corrected chi connectivity index (χ1v) is 7.11. The molecule has 1 aromatic rings. The molecule has 5 heteroatoms. The molecule has 2 N–H and O–H groups in total. The van der Waals surface area contributed by atoms with Crippen LogP contribution >= 0.6 is 0 Å². The predicted molar refractivity (Wildman–Crippen MR) is 81.9 cm³/mol. The number of benzene rings is 1. The highest BCUT2D eigenvalue weighted by Gasteiger charge is 2.12. The summed E-state index contributed by atoms with van der Waals surface area (Å²) in [5.74, 6) is 0.101. The van der Waals surface area contributed by atoms with Crippen LogP contribution in [0.3, 0.4) is 0 Å². The Bertz CT molecular complexity index is 424. The van der Waals surface area contributed by atoms with E-state index in [2.05, 4.69) is 44.7 Å². The fourth-order valence-electron chi connectivity index (χ4n) is 2.24. The van der Waals surface area contributed by atoms with E-state index < -0.39 is 0 Å². The molecule has 0 saturated carbocycles. The summed E-state index contributed by atoms with van der Waals surface area (Å²) in [5.41, 5.74) is 2.30. The van der Waals surface area contributed by atoms with Crippen molar-refractivity contribution in [1.82, 2.24) is 15.5 Å². The fraction of sp³-hybridized carbons (Fsp3) is 0.533. The molecule has 1 aliphatic rings. The molecule has 1 aromatic carbocycles. The van der Waals surface area contributed by atoms with E-state index in [4.69, 9.17) is 0 Å². The Morgan fingerprint density at radius 1 is 1.25 bits per heavy atom. The van der Waals surface area contributed by atoms with Crippen LogP contribution in [0.5, 0.6) is 0 Å². The molecule has 0 radical (unpaired) electrons. The van der Waals surface area contributed by atoms with Crippen LogP contribution in [0, 0.1) is 0 Å². The number of rotatable bonds is 5. The monoisotopic (exact) mass is 276 g/mol. The lowest BCUT2D eigenvalue weighted by molar-refractivity contribution is -0.122. The highest BCUT2D eigenvalue weighted by atomic mass is 16.2. The van der Waals surface area contributed by atoms with Crippen LogP contribution in [0.1, 0.15) is 5.56 Å². The highest BCUT2D eigenvalue weighted by molar-refractivity contribution is 5.78. The largest absolute Gasteiger partial charge is 0.378 e. The minimum Gasteiger partial charge on any atom is -0.378 e. The topological polar surface area (TPSA) is 47.6 Å². The van der Waals surface area contributed by atoms with Gasteiger partial charge in [0.25, 0.3) is 0 Å². The third kappa shape index (κ3) is 4.51. The van der Waals surface area contributed by atoms with Crippen LogP contribution in [0.4, 0.5) is 5.69 Å². The Labute approximate surface area is 120 Å². The third-order valence-corrected chi connectivity index (χ3v) is 3.52. The number of nitrogens with zero attached hydrogens (tertiary/aromatic N) is 2. The van der Waals surface area contributed by atoms with Gasteiger partial charge < -0.3 is 15.5 Å². The number of piperazine rings is 1. The molecule has 1 fully saturated rings. The molecule has 0 atom stereocenters. The zero-order chi connectivity index (χ0) is 14.4. The van der Waals surface area contributed by atoms with Crippen molar-refractivity contribution in [2.75, 3.05) is 51.7 Å². The zero-order valence-corrected chi connectivity index (χ0v) is 12.4. The smallest absolute Gasteiger partial charge is 0.234 e. The molecule has 5 nitrogen and oxygen atoms in total. The standard InChI is InChI=1S/C15H24N4O/c1-18(2)14-5-3-13(4-6-14)11-17-15(20)12-19-9-7-16-8-10-19/h3-6,16H,7-12H2,1-2H3,(H,17,20). The summed E-state index contributed by atoms with van der Waals surface area (Å²) in [7, 11) is 4.04. The predicted octanol–water partition coefficient (Wildman–Crippen LogP) is 0.274. The molecule has 2 rings (SSSR count). The van der Waals surface area contributed by atoms with Crippen LogP contribution < -0.4 is 15.5 Å². The second-order valence-electron chi connectivity index (χ2n) is 5.36. The third-order valence-electron chi connectivity index (χ3n) is 3.52. The molecule has 1 saturated heterocycles. The van der Waals surface area contributed by atoms with E-state index in [0.29, 0.717) is 13.1 Å². The van der Waals surface area contributed by atoms with E-state index in [0.717, 1.165) is 31.7 Å². The summed E-state index contributed by atoms with van der Waals surface area (Å²) in [4.78, 5) is 16.1. The van der Waals surface area contributed by atoms with Gasteiger partial charge in [-0.1, -0.05) is 12.1 Å². The van der Waals surface area contributed by atoms with Crippen molar-refractivity contribution in [3.8, 4) is 0 Å². The summed E-state index contributed by atoms with van der Waals surface area (Å²) in [5, 5.41) is 6.26. The second-order valence-corrected chi connectivity index (χ2v) is 5.36. The van der Waals surface area contributed by atoms with Crippen LogP contribution in [0.25, 0.3) is 0 Å². The maximum absolute atomic E-state index is 11.9. The summed E-state index contributed by atoms with van der Waals surface area (Å²) >= 11 is 0. The van der Waals surface area contributed by atoms with Gasteiger partial charge in [-0.15, -0.1) is 0 Å². The highest BCUT2D eigenvalue weighted by Crippen LogP contribution is 2.11. The van der Waals surface area contributed by atoms with E-state index in [1.54, 1.807) is 0 Å². The van der Waals surface area contributed by atoms with Gasteiger partial charge in [0.15, 0.2) is 0 Å². The van der Waals surface area contributed by atoms with Gasteiger partial charge in [0.05, 0.1) is 6.54 Å². The quantitative estimate of drug-likeness (QED) is 0.811. The maximum atomic E-state index is 11.9. The summed E-state index contributed by atoms with van der Waals surface area (Å²) < 4.78 is 0. The van der Waals surface area contributed by atoms with E-state index in [1.807, 2.05) is 14.1 Å². The summed E-state index contributed by atoms with van der Waals surface area (Å²) in [6.07, 6.45) is 0. The second kappa shape index (κ2) is 7.26. The van der Waals surface area contributed by atoms with Gasteiger partial charge in [0, 0.05) is 52.5 Å². The van der Waals surface area contributed by atoms with Gasteiger partial charge >= 0.3 is 0 Å². The van der Waals surface area contributed by atoms with E-state index in [1.165, 1.54) is 5.69 Å². The SMILES string of the molecule is CN(C)c1ccc(CNC(=O)CN2CCNCC2)cc1. The number of hydrogen-bond acceptors (Lipinski definition) is 4. The molecule has 1 aliphatic heterocycles. The molecule has 1 amide bonds. The maximum Gasteiger partial charge on any atom is 0.234 e. The fourth-order valence-corrected chi connectivity index (χ4v) is 2.24. The van der Waals surface area contributed by atoms with E-state index >= 15 is 0 Å². The first-order chi connectivity index (χ1) is 9.65. The Hall–Kier alpha value is -1.59. The molecular formula is C15H24N4O. The van der Waals surface area contributed by atoms with Crippen LogP contribution in [-0.2, 0) is 11.3 Å². The molecule has 0 spiro atoms. The lowest BCUT2D eigenvalue weighted by Gasteiger charge is -2.26. The van der Waals surface area contributed by atoms with Crippen LogP contribution in [0.15, 0.2) is 24.3 Å². The molecule has 110 valence electrons. The zero-order valence-electron chi connectivity index (χ0n) is 12.4. The van der Waals surface area contributed by atoms with Crippen molar-refractivity contribution < 1.29 is 4.79 Å². The molecule has 0 aliphatic carbocycles. The molecule has 20 heavy (non-hydrogen) atoms. The minimum atomic E-state index is 0.101. The van der Waals surface area contributed by atoms with Gasteiger partial charge in [-0.05, 0) is 17.7 Å². The number of amides is 1. The molecular weight excluding hydrogens is 252 g/mol. The van der Waals surface area contributed by atoms with Crippen molar-refractivity contribution in [2.24, 2.45) is 0 Å². The normalized spacial score (nSPS) is 15.9. The van der Waals surface area contributed by atoms with E-state index in [-0.39, 0.29) is 5.91 Å². The van der Waals surface area contributed by atoms with Crippen molar-refractivity contribution in [3.05, 3.63) is 29.8 Å². The number of anilines is 1. The van der Waals surface area contributed by atoms with E-state index in [9.17, 15) is 4.79 Å². The van der Waals surface area contributed by atoms with Crippen molar-refractivity contribution >= 4 is 11.6 Å². The average Bonchev–Trinajstić information content (AvgIpc) is 2.46. The molecule has 0 unspecified atom stereocenters. The summed E-state index contributed by atoms with van der Waals surface area (Å²) in [6, 6.07) is 8.25. The van der Waals surface area contributed by atoms with Gasteiger partial charge in [0.1, 0.15) is 0 Å². The van der Waals surface area contributed by atoms with Gasteiger partial charge in [-0.2, -0.15) is 0 Å². The number of carbonyl (C=O) groups excluding carboxylic acids is 1. The first-order valence-electron chi connectivity index (χ1n) is 7.11. The Morgan fingerprint density at radius 2 is 1.90 bits per heavy atom. The molecule has 1 heterocycles. The van der Waals surface area contributed by atoms with Gasteiger partial charge in [-0.25, -0.2) is 0 Å². The van der Waals surface area contributed by atoms with Crippen molar-refractivity contribution in [2.45, 2.75) is 6.54 Å². The number of hydrogen-bond donors (Lipinski definition) is 2. The van der Waals surface area contributed by atoms with Crippen LogP contribution in [0.2, 0.25) is 0 Å². The molecule has 0 aromatic heterocycles. The molecule has 0 bridgehead atoms. The lowest BCUT2D eigenvalue weighted by Crippen LogP contribution is -2.47. The Morgan fingerprint density at radius 3 is 2.50 bits per heavy atom. The number of carbonyl (C=O) groups is 1. The Kier molecular flexibility index (Phi) is 5.38. The van der Waals surface area contributed by atoms with Crippen molar-refractivity contribution in [3.63, 3.8) is 0 Å². The minimum absolute atomic E-state index is 0.101. The first kappa shape index (κ1) is 14.8. The summed E-state index contributed by atoms with van der Waals surface area (Å²) in [6.45, 7) is 4.94. The average molecular weight is 276 g/mol.